The summed E-state index contributed by atoms with van der Waals surface area (Å²) in [6, 6.07) is 0. The van der Waals surface area contributed by atoms with Crippen LogP contribution in [0.25, 0.3) is 0 Å². The summed E-state index contributed by atoms with van der Waals surface area (Å²) in [6.45, 7) is 3.14. The summed E-state index contributed by atoms with van der Waals surface area (Å²) < 4.78 is 26.0. The van der Waals surface area contributed by atoms with Crippen LogP contribution in [0.5, 0.6) is 0 Å². The molecule has 0 spiro atoms. The molecule has 13 heavy (non-hydrogen) atoms. The van der Waals surface area contributed by atoms with E-state index in [9.17, 15) is 9.13 Å². The summed E-state index contributed by atoms with van der Waals surface area (Å²) in [5.41, 5.74) is 0. The number of hydrogen-bond acceptors (Lipinski definition) is 3. The lowest BCUT2D eigenvalue weighted by molar-refractivity contribution is 0.205. The second kappa shape index (κ2) is 4.69. The molecule has 0 amide bonds. The van der Waals surface area contributed by atoms with Gasteiger partial charge in [0.15, 0.2) is 0 Å². The standard InChI is InChI=1S/C5H14O6P2/c1-5(2)11-13(9,10)4-3-12(6,7)8/h5H,3-4H2,1-2H3,(H,9,10)(H2,6,7,8). The zero-order chi connectivity index (χ0) is 10.7. The first kappa shape index (κ1) is 13.3. The van der Waals surface area contributed by atoms with E-state index < -0.39 is 33.6 Å². The lowest BCUT2D eigenvalue weighted by Crippen LogP contribution is -2.05. The van der Waals surface area contributed by atoms with E-state index in [0.717, 1.165) is 0 Å². The molecular formula is C5H14O6P2. The van der Waals surface area contributed by atoms with E-state index in [-0.39, 0.29) is 0 Å². The summed E-state index contributed by atoms with van der Waals surface area (Å²) in [5.74, 6) is 0. The van der Waals surface area contributed by atoms with Crippen molar-refractivity contribution in [3.05, 3.63) is 0 Å². The van der Waals surface area contributed by atoms with Gasteiger partial charge in [-0.25, -0.2) is 0 Å². The molecule has 0 saturated carbocycles. The van der Waals surface area contributed by atoms with Crippen molar-refractivity contribution < 1.29 is 28.3 Å². The molecule has 3 N–H and O–H groups in total. The normalized spacial score (nSPS) is 17.4. The van der Waals surface area contributed by atoms with Crippen molar-refractivity contribution in [2.75, 3.05) is 12.3 Å². The number of hydrogen-bond donors (Lipinski definition) is 3. The third-order valence-electron chi connectivity index (χ3n) is 1.05. The van der Waals surface area contributed by atoms with Gasteiger partial charge < -0.3 is 19.2 Å². The van der Waals surface area contributed by atoms with Crippen LogP contribution in [0, 0.1) is 0 Å². The third kappa shape index (κ3) is 8.63. The van der Waals surface area contributed by atoms with Gasteiger partial charge in [0.2, 0.25) is 0 Å². The molecular weight excluding hydrogens is 218 g/mol. The lowest BCUT2D eigenvalue weighted by Gasteiger charge is -2.14. The minimum Gasteiger partial charge on any atom is -0.324 e. The zero-order valence-electron chi connectivity index (χ0n) is 7.45. The molecule has 0 aliphatic heterocycles. The summed E-state index contributed by atoms with van der Waals surface area (Å²) in [6.07, 6.45) is -1.59. The molecule has 6 nitrogen and oxygen atoms in total. The van der Waals surface area contributed by atoms with E-state index in [0.29, 0.717) is 0 Å². The monoisotopic (exact) mass is 232 g/mol. The van der Waals surface area contributed by atoms with Crippen molar-refractivity contribution in [1.82, 2.24) is 0 Å². The maximum atomic E-state index is 11.1. The van der Waals surface area contributed by atoms with Gasteiger partial charge in [0.1, 0.15) is 0 Å². The van der Waals surface area contributed by atoms with Crippen LogP contribution in [0.1, 0.15) is 13.8 Å². The minimum atomic E-state index is -4.22. The molecule has 0 heterocycles. The fourth-order valence-corrected chi connectivity index (χ4v) is 3.46. The van der Waals surface area contributed by atoms with Crippen molar-refractivity contribution in [1.29, 1.82) is 0 Å². The van der Waals surface area contributed by atoms with Crippen molar-refractivity contribution in [2.24, 2.45) is 0 Å². The van der Waals surface area contributed by atoms with Crippen molar-refractivity contribution in [2.45, 2.75) is 20.0 Å². The largest absolute Gasteiger partial charge is 0.329 e. The molecule has 0 bridgehead atoms. The topological polar surface area (TPSA) is 104 Å². The molecule has 80 valence electrons. The second-order valence-electron chi connectivity index (χ2n) is 2.90. The van der Waals surface area contributed by atoms with Gasteiger partial charge in [-0.3, -0.25) is 9.13 Å². The molecule has 0 aromatic heterocycles. The fraction of sp³-hybridized carbons (Fsp3) is 1.00. The highest BCUT2D eigenvalue weighted by molar-refractivity contribution is 7.56. The Labute approximate surface area is 76.6 Å². The predicted molar refractivity (Wildman–Crippen MR) is 47.8 cm³/mol. The van der Waals surface area contributed by atoms with E-state index in [1.807, 2.05) is 0 Å². The fourth-order valence-electron chi connectivity index (χ4n) is 0.639. The van der Waals surface area contributed by atoms with Gasteiger partial charge in [0, 0.05) is 0 Å². The average Bonchev–Trinajstić information content (AvgIpc) is 1.79. The summed E-state index contributed by atoms with van der Waals surface area (Å²) in [4.78, 5) is 25.9. The van der Waals surface area contributed by atoms with Crippen LogP contribution in [-0.4, -0.2) is 33.1 Å². The maximum Gasteiger partial charge on any atom is 0.329 e. The highest BCUT2D eigenvalue weighted by Gasteiger charge is 2.25. The SMILES string of the molecule is CC(C)OP(=O)(O)CCP(=O)(O)O. The van der Waals surface area contributed by atoms with Gasteiger partial charge in [-0.2, -0.15) is 0 Å². The molecule has 0 radical (unpaired) electrons. The van der Waals surface area contributed by atoms with Crippen molar-refractivity contribution in [3.63, 3.8) is 0 Å². The summed E-state index contributed by atoms with van der Waals surface area (Å²) in [7, 11) is -8.06. The van der Waals surface area contributed by atoms with Crippen molar-refractivity contribution >= 4 is 15.2 Å². The molecule has 0 aliphatic carbocycles. The van der Waals surface area contributed by atoms with Crippen LogP contribution < -0.4 is 0 Å². The molecule has 0 saturated heterocycles. The van der Waals surface area contributed by atoms with Crippen LogP contribution in [0.3, 0.4) is 0 Å². The van der Waals surface area contributed by atoms with Gasteiger partial charge in [-0.15, -0.1) is 0 Å². The second-order valence-corrected chi connectivity index (χ2v) is 6.61. The van der Waals surface area contributed by atoms with E-state index in [4.69, 9.17) is 14.7 Å². The summed E-state index contributed by atoms with van der Waals surface area (Å²) in [5, 5.41) is 0. The van der Waals surface area contributed by atoms with Gasteiger partial charge in [-0.1, -0.05) is 0 Å². The minimum absolute atomic E-state index is 0.437. The first-order valence-electron chi connectivity index (χ1n) is 3.67. The van der Waals surface area contributed by atoms with Crippen LogP contribution in [0.4, 0.5) is 0 Å². The molecule has 1 atom stereocenters. The van der Waals surface area contributed by atoms with Crippen LogP contribution in [-0.2, 0) is 13.7 Å². The predicted octanol–water partition coefficient (Wildman–Crippen LogP) is 0.774. The van der Waals surface area contributed by atoms with Gasteiger partial charge in [0.05, 0.1) is 18.4 Å². The molecule has 8 heteroatoms. The van der Waals surface area contributed by atoms with E-state index >= 15 is 0 Å². The maximum absolute atomic E-state index is 11.1. The Bertz CT molecular complexity index is 243. The van der Waals surface area contributed by atoms with Crippen LogP contribution >= 0.6 is 15.2 Å². The Kier molecular flexibility index (Phi) is 4.80. The molecule has 0 aromatic carbocycles. The molecule has 0 fully saturated rings. The highest BCUT2D eigenvalue weighted by Crippen LogP contribution is 2.47. The van der Waals surface area contributed by atoms with Gasteiger partial charge in [-0.05, 0) is 13.8 Å². The Morgan fingerprint density at radius 3 is 1.92 bits per heavy atom. The first-order chi connectivity index (χ1) is 5.62. The average molecular weight is 232 g/mol. The van der Waals surface area contributed by atoms with Crippen molar-refractivity contribution in [3.8, 4) is 0 Å². The van der Waals surface area contributed by atoms with Crippen LogP contribution in [0.15, 0.2) is 0 Å². The van der Waals surface area contributed by atoms with Crippen LogP contribution in [0.2, 0.25) is 0 Å². The number of rotatable bonds is 5. The lowest BCUT2D eigenvalue weighted by atomic mass is 10.5. The zero-order valence-corrected chi connectivity index (χ0v) is 9.24. The molecule has 0 aromatic rings. The Hall–Kier alpha value is 0.300. The quantitative estimate of drug-likeness (QED) is 0.605. The smallest absolute Gasteiger partial charge is 0.324 e. The van der Waals surface area contributed by atoms with E-state index in [1.54, 1.807) is 13.8 Å². The summed E-state index contributed by atoms with van der Waals surface area (Å²) >= 11 is 0. The third-order valence-corrected chi connectivity index (χ3v) is 3.75. The molecule has 0 rings (SSSR count). The van der Waals surface area contributed by atoms with E-state index in [1.165, 1.54) is 0 Å². The Balaban J connectivity index is 4.05. The van der Waals surface area contributed by atoms with Gasteiger partial charge >= 0.3 is 15.2 Å². The Morgan fingerprint density at radius 1 is 1.15 bits per heavy atom. The first-order valence-corrected chi connectivity index (χ1v) is 7.23. The van der Waals surface area contributed by atoms with Gasteiger partial charge in [0.25, 0.3) is 0 Å². The molecule has 1 unspecified atom stereocenters. The Morgan fingerprint density at radius 2 is 1.62 bits per heavy atom. The van der Waals surface area contributed by atoms with E-state index in [2.05, 4.69) is 4.52 Å². The molecule has 0 aliphatic rings. The highest BCUT2D eigenvalue weighted by atomic mass is 31.2.